The fraction of sp³-hybridized carbons (Fsp3) is 0.227. The zero-order valence-corrected chi connectivity index (χ0v) is 18.3. The summed E-state index contributed by atoms with van der Waals surface area (Å²) in [6.07, 6.45) is 0.582. The van der Waals surface area contributed by atoms with Crippen LogP contribution < -0.4 is 4.72 Å². The quantitative estimate of drug-likeness (QED) is 0.345. The fourth-order valence-electron chi connectivity index (χ4n) is 3.29. The number of hydrogen-bond acceptors (Lipinski definition) is 6. The van der Waals surface area contributed by atoms with Crippen LogP contribution >= 0.6 is 11.6 Å². The van der Waals surface area contributed by atoms with Gasteiger partial charge < -0.3 is 4.74 Å². The lowest BCUT2D eigenvalue weighted by molar-refractivity contribution is -0.145. The molecule has 0 atom stereocenters. The number of aliphatic imine (C=N–C) groups is 1. The minimum absolute atomic E-state index is 0.0379. The Labute approximate surface area is 185 Å². The Morgan fingerprint density at radius 1 is 1.19 bits per heavy atom. The second-order valence-corrected chi connectivity index (χ2v) is 9.24. The molecule has 0 bridgehead atoms. The molecule has 0 aliphatic carbocycles. The number of aryl methyl sites for hydroxylation is 1. The SMILES string of the molecule is Cc1ccc2cc(COC(=O)CCCN=C3NS(=O)(=O)c4ccccc43)c(Cl)nc2c1. The molecular formula is C22H20ClN3O4S. The van der Waals surface area contributed by atoms with Crippen LogP contribution in [0, 0.1) is 6.92 Å². The van der Waals surface area contributed by atoms with Crippen LogP contribution in [0.1, 0.15) is 29.5 Å². The van der Waals surface area contributed by atoms with Crippen LogP contribution in [0.25, 0.3) is 10.9 Å². The zero-order chi connectivity index (χ0) is 22.0. The Balaban J connectivity index is 1.31. The van der Waals surface area contributed by atoms with E-state index in [1.165, 1.54) is 6.07 Å². The van der Waals surface area contributed by atoms with Crippen molar-refractivity contribution in [3.63, 3.8) is 0 Å². The monoisotopic (exact) mass is 457 g/mol. The van der Waals surface area contributed by atoms with Gasteiger partial charge in [0.2, 0.25) is 0 Å². The van der Waals surface area contributed by atoms with Gasteiger partial charge in [0.05, 0.1) is 10.4 Å². The summed E-state index contributed by atoms with van der Waals surface area (Å²) in [5, 5.41) is 1.24. The first-order chi connectivity index (χ1) is 14.8. The van der Waals surface area contributed by atoms with Crippen molar-refractivity contribution in [2.45, 2.75) is 31.3 Å². The number of carbonyl (C=O) groups is 1. The van der Waals surface area contributed by atoms with Crippen LogP contribution in [0.15, 0.2) is 58.4 Å². The maximum absolute atomic E-state index is 12.1. The molecule has 9 heteroatoms. The minimum Gasteiger partial charge on any atom is -0.461 e. The van der Waals surface area contributed by atoms with E-state index in [1.54, 1.807) is 18.2 Å². The maximum Gasteiger partial charge on any atom is 0.306 e. The molecule has 0 spiro atoms. The first kappa shape index (κ1) is 21.3. The van der Waals surface area contributed by atoms with Gasteiger partial charge in [-0.2, -0.15) is 0 Å². The lowest BCUT2D eigenvalue weighted by Crippen LogP contribution is -2.22. The number of rotatable bonds is 6. The molecule has 1 aromatic heterocycles. The number of nitrogens with zero attached hydrogens (tertiary/aromatic N) is 2. The van der Waals surface area contributed by atoms with Crippen LogP contribution in [-0.2, 0) is 26.2 Å². The van der Waals surface area contributed by atoms with Gasteiger partial charge in [-0.05, 0) is 43.2 Å². The number of nitrogens with one attached hydrogen (secondary N) is 1. The number of amidine groups is 1. The predicted octanol–water partition coefficient (Wildman–Crippen LogP) is 3.76. The van der Waals surface area contributed by atoms with E-state index >= 15 is 0 Å². The van der Waals surface area contributed by atoms with Crippen molar-refractivity contribution < 1.29 is 17.9 Å². The number of halogens is 1. The Hall–Kier alpha value is -2.97. The van der Waals surface area contributed by atoms with Gasteiger partial charge >= 0.3 is 5.97 Å². The van der Waals surface area contributed by atoms with Gasteiger partial charge in [0.15, 0.2) is 0 Å². The van der Waals surface area contributed by atoms with E-state index in [9.17, 15) is 13.2 Å². The van der Waals surface area contributed by atoms with E-state index < -0.39 is 10.0 Å². The van der Waals surface area contributed by atoms with Gasteiger partial charge in [-0.3, -0.25) is 14.5 Å². The molecule has 0 amide bonds. The lowest BCUT2D eigenvalue weighted by Gasteiger charge is -2.08. The molecule has 0 saturated heterocycles. The standard InChI is InChI=1S/C22H20ClN3O4S/c1-14-8-9-15-12-16(21(23)25-18(15)11-14)13-30-20(27)7-4-10-24-22-17-5-2-3-6-19(17)31(28,29)26-22/h2-3,5-6,8-9,11-12H,4,7,10,13H2,1H3,(H,24,26). The third-order valence-corrected chi connectivity index (χ3v) is 6.58. The van der Waals surface area contributed by atoms with Gasteiger partial charge in [0, 0.05) is 29.5 Å². The van der Waals surface area contributed by atoms with E-state index in [1.807, 2.05) is 31.2 Å². The third-order valence-electron chi connectivity index (χ3n) is 4.86. The van der Waals surface area contributed by atoms with Crippen LogP contribution in [-0.4, -0.2) is 31.8 Å². The largest absolute Gasteiger partial charge is 0.461 e. The Morgan fingerprint density at radius 3 is 2.84 bits per heavy atom. The molecule has 0 unspecified atom stereocenters. The molecular weight excluding hydrogens is 438 g/mol. The van der Waals surface area contributed by atoms with E-state index in [0.29, 0.717) is 35.1 Å². The van der Waals surface area contributed by atoms with Gasteiger partial charge in [0.1, 0.15) is 17.6 Å². The molecule has 0 saturated carbocycles. The molecule has 1 aliphatic rings. The molecule has 1 aliphatic heterocycles. The number of ether oxygens (including phenoxy) is 1. The van der Waals surface area contributed by atoms with E-state index in [4.69, 9.17) is 16.3 Å². The number of carbonyl (C=O) groups excluding carboxylic acids is 1. The summed E-state index contributed by atoms with van der Waals surface area (Å²) < 4.78 is 31.9. The maximum atomic E-state index is 12.1. The van der Waals surface area contributed by atoms with E-state index in [2.05, 4.69) is 14.7 Å². The summed E-state index contributed by atoms with van der Waals surface area (Å²) in [7, 11) is -3.56. The Morgan fingerprint density at radius 2 is 2.00 bits per heavy atom. The smallest absolute Gasteiger partial charge is 0.306 e. The highest BCUT2D eigenvalue weighted by Crippen LogP contribution is 2.23. The third kappa shape index (κ3) is 4.70. The summed E-state index contributed by atoms with van der Waals surface area (Å²) in [5.41, 5.74) is 3.07. The number of sulfonamides is 1. The summed E-state index contributed by atoms with van der Waals surface area (Å²) in [6, 6.07) is 14.4. The van der Waals surface area contributed by atoms with Gasteiger partial charge in [0.25, 0.3) is 10.0 Å². The molecule has 1 N–H and O–H groups in total. The molecule has 160 valence electrons. The first-order valence-electron chi connectivity index (χ1n) is 9.71. The van der Waals surface area contributed by atoms with E-state index in [-0.39, 0.29) is 23.9 Å². The average molecular weight is 458 g/mol. The highest BCUT2D eigenvalue weighted by Gasteiger charge is 2.29. The fourth-order valence-corrected chi connectivity index (χ4v) is 4.75. The molecule has 4 rings (SSSR count). The highest BCUT2D eigenvalue weighted by molar-refractivity contribution is 7.90. The van der Waals surface area contributed by atoms with Crippen molar-refractivity contribution >= 4 is 44.3 Å². The van der Waals surface area contributed by atoms with Gasteiger partial charge in [-0.1, -0.05) is 35.9 Å². The topological polar surface area (TPSA) is 97.7 Å². The molecule has 0 radical (unpaired) electrons. The summed E-state index contributed by atoms with van der Waals surface area (Å²) in [5.74, 6) is -0.0825. The second kappa shape index (κ2) is 8.64. The normalized spacial score (nSPS) is 15.6. The molecule has 2 heterocycles. The number of esters is 1. The molecule has 31 heavy (non-hydrogen) atoms. The van der Waals surface area contributed by atoms with Crippen LogP contribution in [0.3, 0.4) is 0 Å². The van der Waals surface area contributed by atoms with Crippen molar-refractivity contribution in [3.8, 4) is 0 Å². The highest BCUT2D eigenvalue weighted by atomic mass is 35.5. The molecule has 7 nitrogen and oxygen atoms in total. The van der Waals surface area contributed by atoms with Crippen molar-refractivity contribution in [2.75, 3.05) is 6.54 Å². The molecule has 3 aromatic rings. The molecule has 2 aromatic carbocycles. The second-order valence-electron chi connectivity index (χ2n) is 7.23. The minimum atomic E-state index is -3.56. The van der Waals surface area contributed by atoms with Crippen molar-refractivity contribution in [1.29, 1.82) is 0 Å². The number of hydrogen-bond donors (Lipinski definition) is 1. The number of benzene rings is 2. The van der Waals surface area contributed by atoms with Crippen LogP contribution in [0.2, 0.25) is 5.15 Å². The van der Waals surface area contributed by atoms with Crippen molar-refractivity contribution in [3.05, 3.63) is 70.4 Å². The van der Waals surface area contributed by atoms with E-state index in [0.717, 1.165) is 16.5 Å². The number of pyridine rings is 1. The summed E-state index contributed by atoms with van der Waals surface area (Å²) in [6.45, 7) is 2.31. The Bertz CT molecular complexity index is 1310. The zero-order valence-electron chi connectivity index (χ0n) is 16.8. The predicted molar refractivity (Wildman–Crippen MR) is 119 cm³/mol. The summed E-state index contributed by atoms with van der Waals surface area (Å²) in [4.78, 5) is 21.0. The Kier molecular flexibility index (Phi) is 5.93. The van der Waals surface area contributed by atoms with Crippen LogP contribution in [0.4, 0.5) is 0 Å². The first-order valence-corrected chi connectivity index (χ1v) is 11.6. The van der Waals surface area contributed by atoms with Crippen molar-refractivity contribution in [1.82, 2.24) is 9.71 Å². The van der Waals surface area contributed by atoms with Crippen molar-refractivity contribution in [2.24, 2.45) is 4.99 Å². The number of aromatic nitrogens is 1. The number of fused-ring (bicyclic) bond motifs is 2. The van der Waals surface area contributed by atoms with Gasteiger partial charge in [-0.25, -0.2) is 13.4 Å². The molecule has 0 fully saturated rings. The summed E-state index contributed by atoms with van der Waals surface area (Å²) >= 11 is 6.23. The average Bonchev–Trinajstić information content (AvgIpc) is 3.00. The lowest BCUT2D eigenvalue weighted by atomic mass is 10.1. The van der Waals surface area contributed by atoms with Crippen LogP contribution in [0.5, 0.6) is 0 Å². The van der Waals surface area contributed by atoms with Gasteiger partial charge in [-0.15, -0.1) is 0 Å².